The lowest BCUT2D eigenvalue weighted by Crippen LogP contribution is -2.56. The summed E-state index contributed by atoms with van der Waals surface area (Å²) in [5, 5.41) is 26.4. The molecule has 0 aliphatic carbocycles. The summed E-state index contributed by atoms with van der Waals surface area (Å²) in [6.07, 6.45) is 1.39. The van der Waals surface area contributed by atoms with Gasteiger partial charge in [0.05, 0.1) is 6.04 Å². The third-order valence-electron chi connectivity index (χ3n) is 4.74. The highest BCUT2D eigenvalue weighted by Gasteiger charge is 2.28. The summed E-state index contributed by atoms with van der Waals surface area (Å²) < 4.78 is 0. The first kappa shape index (κ1) is 26.9. The number of carbonyl (C=O) groups is 4. The maximum absolute atomic E-state index is 12.8. The topological polar surface area (TPSA) is 197 Å². The van der Waals surface area contributed by atoms with Gasteiger partial charge in [-0.05, 0) is 57.4 Å². The van der Waals surface area contributed by atoms with Crippen LogP contribution in [0.2, 0.25) is 0 Å². The van der Waals surface area contributed by atoms with E-state index < -0.39 is 47.9 Å². The van der Waals surface area contributed by atoms with Crippen LogP contribution >= 0.6 is 0 Å². The van der Waals surface area contributed by atoms with Crippen LogP contribution in [0.3, 0.4) is 0 Å². The van der Waals surface area contributed by atoms with Crippen molar-refractivity contribution in [1.82, 2.24) is 16.0 Å². The lowest BCUT2D eigenvalue weighted by molar-refractivity contribution is -0.142. The average molecular weight is 452 g/mol. The van der Waals surface area contributed by atoms with E-state index in [2.05, 4.69) is 16.0 Å². The van der Waals surface area contributed by atoms with Crippen LogP contribution in [0.5, 0.6) is 5.75 Å². The van der Waals surface area contributed by atoms with E-state index in [0.29, 0.717) is 24.9 Å². The molecule has 178 valence electrons. The van der Waals surface area contributed by atoms with Crippen molar-refractivity contribution in [1.29, 1.82) is 0 Å². The predicted molar refractivity (Wildman–Crippen MR) is 117 cm³/mol. The van der Waals surface area contributed by atoms with E-state index in [9.17, 15) is 29.4 Å². The minimum absolute atomic E-state index is 0.00827. The van der Waals surface area contributed by atoms with Gasteiger partial charge >= 0.3 is 5.97 Å². The largest absolute Gasteiger partial charge is 0.508 e. The van der Waals surface area contributed by atoms with Gasteiger partial charge in [0.25, 0.3) is 0 Å². The summed E-state index contributed by atoms with van der Waals surface area (Å²) in [5.41, 5.74) is 11.6. The van der Waals surface area contributed by atoms with Crippen LogP contribution in [0.1, 0.15) is 38.7 Å². The van der Waals surface area contributed by atoms with Crippen molar-refractivity contribution in [2.75, 3.05) is 6.54 Å². The third kappa shape index (κ3) is 9.31. The number of aliphatic carboxylic acids is 1. The summed E-state index contributed by atoms with van der Waals surface area (Å²) in [5.74, 6) is -2.98. The summed E-state index contributed by atoms with van der Waals surface area (Å²) in [7, 11) is 0. The minimum Gasteiger partial charge on any atom is -0.508 e. The van der Waals surface area contributed by atoms with E-state index in [1.807, 2.05) is 0 Å². The van der Waals surface area contributed by atoms with Gasteiger partial charge in [-0.15, -0.1) is 0 Å². The van der Waals surface area contributed by atoms with E-state index in [-0.39, 0.29) is 18.6 Å². The molecule has 0 aliphatic heterocycles. The molecule has 11 heteroatoms. The first-order chi connectivity index (χ1) is 15.0. The quantitative estimate of drug-likeness (QED) is 0.185. The molecule has 0 bridgehead atoms. The molecular weight excluding hydrogens is 418 g/mol. The minimum atomic E-state index is -1.24. The smallest absolute Gasteiger partial charge is 0.326 e. The maximum Gasteiger partial charge on any atom is 0.326 e. The maximum atomic E-state index is 12.8. The first-order valence-corrected chi connectivity index (χ1v) is 10.4. The second-order valence-electron chi connectivity index (χ2n) is 7.63. The third-order valence-corrected chi connectivity index (χ3v) is 4.74. The van der Waals surface area contributed by atoms with Crippen molar-refractivity contribution in [3.05, 3.63) is 29.8 Å². The highest BCUT2D eigenvalue weighted by atomic mass is 16.4. The van der Waals surface area contributed by atoms with Crippen molar-refractivity contribution < 1.29 is 29.4 Å². The normalized spacial score (nSPS) is 14.5. The van der Waals surface area contributed by atoms with Crippen LogP contribution in [-0.4, -0.2) is 64.6 Å². The summed E-state index contributed by atoms with van der Waals surface area (Å²) in [4.78, 5) is 48.7. The number of aromatic hydroxyl groups is 1. The molecule has 4 unspecified atom stereocenters. The van der Waals surface area contributed by atoms with Crippen LogP contribution in [0, 0.1) is 0 Å². The number of hydrogen-bond donors (Lipinski definition) is 7. The fraction of sp³-hybridized carbons (Fsp3) is 0.524. The molecule has 0 aliphatic rings. The van der Waals surface area contributed by atoms with Gasteiger partial charge in [0.2, 0.25) is 17.7 Å². The molecule has 9 N–H and O–H groups in total. The Balaban J connectivity index is 2.86. The lowest BCUT2D eigenvalue weighted by atomic mass is 10.0. The number of rotatable bonds is 13. The SMILES string of the molecule is CC(N)C(=O)NC(C)C(=O)NC(CCCCN)C(=O)NC(Cc1ccc(O)cc1)C(=O)O. The molecule has 4 atom stereocenters. The zero-order valence-corrected chi connectivity index (χ0v) is 18.3. The zero-order chi connectivity index (χ0) is 24.3. The number of unbranched alkanes of at least 4 members (excludes halogenated alkanes) is 1. The van der Waals surface area contributed by atoms with Crippen LogP contribution in [-0.2, 0) is 25.6 Å². The van der Waals surface area contributed by atoms with Crippen LogP contribution in [0.15, 0.2) is 24.3 Å². The van der Waals surface area contributed by atoms with Gasteiger partial charge in [0.1, 0.15) is 23.9 Å². The number of carbonyl (C=O) groups excluding carboxylic acids is 3. The van der Waals surface area contributed by atoms with Crippen molar-refractivity contribution in [2.24, 2.45) is 11.5 Å². The molecule has 1 aromatic carbocycles. The second-order valence-corrected chi connectivity index (χ2v) is 7.63. The number of nitrogens with two attached hydrogens (primary N) is 2. The Kier molecular flexibility index (Phi) is 11.1. The monoisotopic (exact) mass is 451 g/mol. The molecule has 0 heterocycles. The molecule has 0 radical (unpaired) electrons. The number of hydrogen-bond acceptors (Lipinski definition) is 7. The van der Waals surface area contributed by atoms with Crippen LogP contribution < -0.4 is 27.4 Å². The number of carboxylic acid groups (broad SMARTS) is 1. The summed E-state index contributed by atoms with van der Waals surface area (Å²) in [6.45, 7) is 3.33. The fourth-order valence-electron chi connectivity index (χ4n) is 2.81. The molecule has 3 amide bonds. The molecule has 0 aromatic heterocycles. The fourth-order valence-corrected chi connectivity index (χ4v) is 2.81. The molecule has 0 fully saturated rings. The van der Waals surface area contributed by atoms with Crippen LogP contribution in [0.25, 0.3) is 0 Å². The average Bonchev–Trinajstić information content (AvgIpc) is 2.73. The Bertz CT molecular complexity index is 783. The molecule has 32 heavy (non-hydrogen) atoms. The summed E-state index contributed by atoms with van der Waals surface area (Å²) in [6, 6.07) is 1.96. The van der Waals surface area contributed by atoms with Gasteiger partial charge in [0, 0.05) is 6.42 Å². The van der Waals surface area contributed by atoms with Gasteiger partial charge < -0.3 is 37.6 Å². The van der Waals surface area contributed by atoms with Gasteiger partial charge in [-0.1, -0.05) is 12.1 Å². The van der Waals surface area contributed by atoms with E-state index >= 15 is 0 Å². The predicted octanol–water partition coefficient (Wildman–Crippen LogP) is -1.03. The molecule has 0 saturated heterocycles. The Labute approximate surface area is 186 Å². The zero-order valence-electron chi connectivity index (χ0n) is 18.3. The van der Waals surface area contributed by atoms with E-state index in [1.54, 1.807) is 12.1 Å². The Hall–Kier alpha value is -3.18. The molecule has 1 rings (SSSR count). The standard InChI is InChI=1S/C21H33N5O6/c1-12(23)18(28)24-13(2)19(29)25-16(5-3-4-10-22)20(30)26-17(21(31)32)11-14-6-8-15(27)9-7-14/h6-9,12-13,16-17,27H,3-5,10-11,22-23H2,1-2H3,(H,24,28)(H,25,29)(H,26,30)(H,31,32). The van der Waals surface area contributed by atoms with Crippen molar-refractivity contribution >= 4 is 23.7 Å². The van der Waals surface area contributed by atoms with Crippen molar-refractivity contribution in [2.45, 2.75) is 63.7 Å². The van der Waals surface area contributed by atoms with Gasteiger partial charge in [-0.3, -0.25) is 14.4 Å². The van der Waals surface area contributed by atoms with E-state index in [1.165, 1.54) is 26.0 Å². The van der Waals surface area contributed by atoms with E-state index in [0.717, 1.165) is 0 Å². The summed E-state index contributed by atoms with van der Waals surface area (Å²) >= 11 is 0. The lowest BCUT2D eigenvalue weighted by Gasteiger charge is -2.23. The number of phenolic OH excluding ortho intramolecular Hbond substituents is 1. The van der Waals surface area contributed by atoms with Gasteiger partial charge in [-0.25, -0.2) is 4.79 Å². The highest BCUT2D eigenvalue weighted by Crippen LogP contribution is 2.12. The number of amides is 3. The second kappa shape index (κ2) is 13.3. The molecular formula is C21H33N5O6. The Morgan fingerprint density at radius 1 is 0.906 bits per heavy atom. The Morgan fingerprint density at radius 3 is 2.03 bits per heavy atom. The first-order valence-electron chi connectivity index (χ1n) is 10.4. The van der Waals surface area contributed by atoms with Crippen molar-refractivity contribution in [3.63, 3.8) is 0 Å². The number of carboxylic acids is 1. The van der Waals surface area contributed by atoms with Gasteiger partial charge in [-0.2, -0.15) is 0 Å². The molecule has 0 saturated carbocycles. The van der Waals surface area contributed by atoms with Crippen molar-refractivity contribution in [3.8, 4) is 5.75 Å². The Morgan fingerprint density at radius 2 is 1.50 bits per heavy atom. The number of benzene rings is 1. The molecule has 1 aromatic rings. The molecule has 0 spiro atoms. The van der Waals surface area contributed by atoms with Crippen LogP contribution in [0.4, 0.5) is 0 Å². The van der Waals surface area contributed by atoms with Gasteiger partial charge in [0.15, 0.2) is 0 Å². The number of phenols is 1. The molecule has 11 nitrogen and oxygen atoms in total. The number of nitrogens with one attached hydrogen (secondary N) is 3. The highest BCUT2D eigenvalue weighted by molar-refractivity contribution is 5.93. The van der Waals surface area contributed by atoms with E-state index in [4.69, 9.17) is 11.5 Å².